The van der Waals surface area contributed by atoms with Crippen LogP contribution in [0.25, 0.3) is 10.8 Å². The second-order valence-corrected chi connectivity index (χ2v) is 4.29. The highest BCUT2D eigenvalue weighted by atomic mass is 16.2. The highest BCUT2D eigenvalue weighted by molar-refractivity contribution is 6.03. The summed E-state index contributed by atoms with van der Waals surface area (Å²) in [5.74, 6) is -0.138. The third kappa shape index (κ3) is 2.65. The average molecular weight is 243 g/mol. The molecule has 4 nitrogen and oxygen atoms in total. The number of amides is 1. The molecule has 0 aliphatic rings. The smallest absolute Gasteiger partial charge is 0.241 e. The molecule has 1 aromatic heterocycles. The number of rotatable bonds is 4. The van der Waals surface area contributed by atoms with Crippen LogP contribution in [0.2, 0.25) is 0 Å². The Labute approximate surface area is 106 Å². The molecular formula is C14H17N3O. The van der Waals surface area contributed by atoms with E-state index in [4.69, 9.17) is 5.73 Å². The summed E-state index contributed by atoms with van der Waals surface area (Å²) in [6.45, 7) is 2.01. The first-order valence-corrected chi connectivity index (χ1v) is 6.11. The molecule has 0 aliphatic carbocycles. The Morgan fingerprint density at radius 2 is 2.28 bits per heavy atom. The number of hydrogen-bond donors (Lipinski definition) is 2. The zero-order valence-electron chi connectivity index (χ0n) is 10.4. The van der Waals surface area contributed by atoms with Gasteiger partial charge >= 0.3 is 0 Å². The van der Waals surface area contributed by atoms with E-state index in [1.54, 1.807) is 12.4 Å². The Hall–Kier alpha value is -1.94. The van der Waals surface area contributed by atoms with Crippen molar-refractivity contribution in [2.75, 3.05) is 5.32 Å². The van der Waals surface area contributed by atoms with E-state index in [1.165, 1.54) is 0 Å². The van der Waals surface area contributed by atoms with E-state index in [0.29, 0.717) is 6.42 Å². The maximum absolute atomic E-state index is 11.9. The number of benzene rings is 1. The Kier molecular flexibility index (Phi) is 3.89. The van der Waals surface area contributed by atoms with Crippen molar-refractivity contribution in [3.05, 3.63) is 36.7 Å². The lowest BCUT2D eigenvalue weighted by Gasteiger charge is -2.12. The topological polar surface area (TPSA) is 68.0 Å². The van der Waals surface area contributed by atoms with Gasteiger partial charge in [0.2, 0.25) is 5.91 Å². The SMILES string of the molecule is CCC[C@@H](N)C(=O)Nc1cccc2cnccc12. The molecule has 2 aromatic rings. The van der Waals surface area contributed by atoms with Gasteiger partial charge in [0, 0.05) is 28.9 Å². The van der Waals surface area contributed by atoms with Gasteiger partial charge < -0.3 is 11.1 Å². The van der Waals surface area contributed by atoms with Crippen LogP contribution in [0.4, 0.5) is 5.69 Å². The molecule has 4 heteroatoms. The van der Waals surface area contributed by atoms with Crippen molar-refractivity contribution in [3.8, 4) is 0 Å². The number of pyridine rings is 1. The highest BCUT2D eigenvalue weighted by Gasteiger charge is 2.13. The monoisotopic (exact) mass is 243 g/mol. The van der Waals surface area contributed by atoms with E-state index in [2.05, 4.69) is 10.3 Å². The minimum atomic E-state index is -0.452. The lowest BCUT2D eigenvalue weighted by Crippen LogP contribution is -2.35. The molecule has 0 bridgehead atoms. The first kappa shape index (κ1) is 12.5. The summed E-state index contributed by atoms with van der Waals surface area (Å²) < 4.78 is 0. The van der Waals surface area contributed by atoms with Crippen molar-refractivity contribution in [2.24, 2.45) is 5.73 Å². The van der Waals surface area contributed by atoms with E-state index in [0.717, 1.165) is 22.9 Å². The lowest BCUT2D eigenvalue weighted by molar-refractivity contribution is -0.117. The molecule has 0 radical (unpaired) electrons. The molecule has 1 aromatic carbocycles. The minimum absolute atomic E-state index is 0.138. The third-order valence-corrected chi connectivity index (χ3v) is 2.88. The van der Waals surface area contributed by atoms with Crippen LogP contribution in [-0.2, 0) is 4.79 Å². The van der Waals surface area contributed by atoms with E-state index >= 15 is 0 Å². The second kappa shape index (κ2) is 5.60. The number of nitrogens with one attached hydrogen (secondary N) is 1. The van der Waals surface area contributed by atoms with E-state index < -0.39 is 6.04 Å². The molecular weight excluding hydrogens is 226 g/mol. The second-order valence-electron chi connectivity index (χ2n) is 4.29. The Balaban J connectivity index is 2.24. The maximum atomic E-state index is 11.9. The number of aromatic nitrogens is 1. The van der Waals surface area contributed by atoms with Crippen molar-refractivity contribution in [1.82, 2.24) is 4.98 Å². The standard InChI is InChI=1S/C14H17N3O/c1-2-4-12(15)14(18)17-13-6-3-5-10-9-16-8-7-11(10)13/h3,5-9,12H,2,4,15H2,1H3,(H,17,18)/t12-/m1/s1. The summed E-state index contributed by atoms with van der Waals surface area (Å²) in [7, 11) is 0. The van der Waals surface area contributed by atoms with Crippen LogP contribution >= 0.6 is 0 Å². The summed E-state index contributed by atoms with van der Waals surface area (Å²) in [6, 6.07) is 7.16. The Bertz CT molecular complexity index is 548. The molecule has 1 amide bonds. The van der Waals surface area contributed by atoms with Gasteiger partial charge in [-0.15, -0.1) is 0 Å². The molecule has 0 spiro atoms. The fourth-order valence-corrected chi connectivity index (χ4v) is 1.90. The van der Waals surface area contributed by atoms with Gasteiger partial charge in [-0.25, -0.2) is 0 Å². The average Bonchev–Trinajstić information content (AvgIpc) is 2.39. The number of carbonyl (C=O) groups excluding carboxylic acids is 1. The minimum Gasteiger partial charge on any atom is -0.324 e. The number of fused-ring (bicyclic) bond motifs is 1. The molecule has 94 valence electrons. The number of nitrogens with two attached hydrogens (primary N) is 1. The molecule has 0 saturated heterocycles. The third-order valence-electron chi connectivity index (χ3n) is 2.88. The summed E-state index contributed by atoms with van der Waals surface area (Å²) in [6.07, 6.45) is 5.08. The first-order valence-electron chi connectivity index (χ1n) is 6.11. The van der Waals surface area contributed by atoms with Crippen molar-refractivity contribution in [3.63, 3.8) is 0 Å². The fraction of sp³-hybridized carbons (Fsp3) is 0.286. The van der Waals surface area contributed by atoms with Gasteiger partial charge in [-0.3, -0.25) is 9.78 Å². The fourth-order valence-electron chi connectivity index (χ4n) is 1.90. The zero-order chi connectivity index (χ0) is 13.0. The van der Waals surface area contributed by atoms with Crippen molar-refractivity contribution < 1.29 is 4.79 Å². The molecule has 0 saturated carbocycles. The van der Waals surface area contributed by atoms with Crippen LogP contribution in [0.3, 0.4) is 0 Å². The molecule has 0 unspecified atom stereocenters. The number of carbonyl (C=O) groups is 1. The van der Waals surface area contributed by atoms with Crippen LogP contribution in [0, 0.1) is 0 Å². The molecule has 1 heterocycles. The van der Waals surface area contributed by atoms with Gasteiger partial charge in [-0.1, -0.05) is 25.5 Å². The quantitative estimate of drug-likeness (QED) is 0.865. The number of nitrogens with zero attached hydrogens (tertiary/aromatic N) is 1. The zero-order valence-corrected chi connectivity index (χ0v) is 10.4. The van der Waals surface area contributed by atoms with Crippen LogP contribution in [0.15, 0.2) is 36.7 Å². The highest BCUT2D eigenvalue weighted by Crippen LogP contribution is 2.22. The van der Waals surface area contributed by atoms with Gasteiger partial charge in [0.25, 0.3) is 0 Å². The molecule has 1 atom stereocenters. The van der Waals surface area contributed by atoms with E-state index in [1.807, 2.05) is 31.2 Å². The van der Waals surface area contributed by atoms with Gasteiger partial charge in [-0.05, 0) is 18.6 Å². The van der Waals surface area contributed by atoms with Crippen LogP contribution in [0.5, 0.6) is 0 Å². The molecule has 3 N–H and O–H groups in total. The van der Waals surface area contributed by atoms with E-state index in [-0.39, 0.29) is 5.91 Å². The van der Waals surface area contributed by atoms with Crippen LogP contribution in [0.1, 0.15) is 19.8 Å². The molecule has 18 heavy (non-hydrogen) atoms. The van der Waals surface area contributed by atoms with Crippen LogP contribution < -0.4 is 11.1 Å². The maximum Gasteiger partial charge on any atom is 0.241 e. The predicted molar refractivity (Wildman–Crippen MR) is 73.3 cm³/mol. The largest absolute Gasteiger partial charge is 0.324 e. The summed E-state index contributed by atoms with van der Waals surface area (Å²) in [5, 5.41) is 4.85. The molecule has 0 fully saturated rings. The normalized spacial score (nSPS) is 12.3. The van der Waals surface area contributed by atoms with Gasteiger partial charge in [-0.2, -0.15) is 0 Å². The summed E-state index contributed by atoms with van der Waals surface area (Å²) in [4.78, 5) is 16.0. The van der Waals surface area contributed by atoms with Crippen LogP contribution in [-0.4, -0.2) is 16.9 Å². The predicted octanol–water partition coefficient (Wildman–Crippen LogP) is 2.30. The summed E-state index contributed by atoms with van der Waals surface area (Å²) >= 11 is 0. The Morgan fingerprint density at radius 3 is 3.06 bits per heavy atom. The van der Waals surface area contributed by atoms with Crippen molar-refractivity contribution in [2.45, 2.75) is 25.8 Å². The summed E-state index contributed by atoms with van der Waals surface area (Å²) in [5.41, 5.74) is 6.58. The van der Waals surface area contributed by atoms with Crippen molar-refractivity contribution in [1.29, 1.82) is 0 Å². The molecule has 0 aliphatic heterocycles. The molecule has 2 rings (SSSR count). The Morgan fingerprint density at radius 1 is 1.44 bits per heavy atom. The van der Waals surface area contributed by atoms with Gasteiger partial charge in [0.15, 0.2) is 0 Å². The lowest BCUT2D eigenvalue weighted by atomic mass is 10.1. The van der Waals surface area contributed by atoms with Gasteiger partial charge in [0.05, 0.1) is 6.04 Å². The van der Waals surface area contributed by atoms with Gasteiger partial charge in [0.1, 0.15) is 0 Å². The number of hydrogen-bond acceptors (Lipinski definition) is 3. The number of anilines is 1. The van der Waals surface area contributed by atoms with E-state index in [9.17, 15) is 4.79 Å². The first-order chi connectivity index (χ1) is 8.72. The van der Waals surface area contributed by atoms with Crippen molar-refractivity contribution >= 4 is 22.4 Å².